The van der Waals surface area contributed by atoms with E-state index in [1.807, 2.05) is 0 Å². The Morgan fingerprint density at radius 3 is 3.00 bits per heavy atom. The van der Waals surface area contributed by atoms with E-state index in [2.05, 4.69) is 15.0 Å². The number of carbonyl (C=O) groups excluding carboxylic acids is 1. The molecule has 1 aliphatic carbocycles. The number of methoxy groups -OCH3 is 1. The van der Waals surface area contributed by atoms with Gasteiger partial charge in [-0.1, -0.05) is 12.8 Å². The lowest BCUT2D eigenvalue weighted by molar-refractivity contribution is 0.0600. The first kappa shape index (κ1) is 12.8. The van der Waals surface area contributed by atoms with Crippen LogP contribution in [-0.2, 0) is 4.74 Å². The van der Waals surface area contributed by atoms with Crippen LogP contribution in [0.5, 0.6) is 0 Å². The highest BCUT2D eigenvalue weighted by Crippen LogP contribution is 2.21. The second kappa shape index (κ2) is 5.82. The number of pyridine rings is 1. The Balaban J connectivity index is 2.06. The van der Waals surface area contributed by atoms with Gasteiger partial charge < -0.3 is 15.2 Å². The Morgan fingerprint density at radius 1 is 1.50 bits per heavy atom. The van der Waals surface area contributed by atoms with Crippen LogP contribution in [-0.4, -0.2) is 35.3 Å². The molecule has 5 nitrogen and oxygen atoms in total. The highest BCUT2D eigenvalue weighted by molar-refractivity contribution is 5.89. The van der Waals surface area contributed by atoms with Crippen LogP contribution in [0.25, 0.3) is 0 Å². The summed E-state index contributed by atoms with van der Waals surface area (Å²) in [5.74, 6) is 0.216. The van der Waals surface area contributed by atoms with Gasteiger partial charge in [-0.15, -0.1) is 0 Å². The summed E-state index contributed by atoms with van der Waals surface area (Å²) < 4.78 is 4.66. The zero-order chi connectivity index (χ0) is 13.0. The van der Waals surface area contributed by atoms with Crippen molar-refractivity contribution in [1.82, 2.24) is 4.98 Å². The first-order valence-electron chi connectivity index (χ1n) is 6.19. The third-order valence-corrected chi connectivity index (χ3v) is 3.24. The number of hydrogen-bond donors (Lipinski definition) is 2. The van der Waals surface area contributed by atoms with Gasteiger partial charge in [-0.3, -0.25) is 0 Å². The van der Waals surface area contributed by atoms with E-state index in [0.717, 1.165) is 25.7 Å². The number of aromatic nitrogens is 1. The van der Waals surface area contributed by atoms with Gasteiger partial charge in [0, 0.05) is 6.20 Å². The van der Waals surface area contributed by atoms with Crippen molar-refractivity contribution in [3.05, 3.63) is 23.9 Å². The zero-order valence-corrected chi connectivity index (χ0v) is 10.4. The lowest BCUT2D eigenvalue weighted by Crippen LogP contribution is -2.36. The molecule has 18 heavy (non-hydrogen) atoms. The number of aliphatic hydroxyl groups is 1. The number of anilines is 1. The fourth-order valence-corrected chi connectivity index (χ4v) is 2.22. The maximum atomic E-state index is 11.4. The molecule has 1 fully saturated rings. The molecular formula is C13H18N2O3. The number of nitrogens with one attached hydrogen (secondary N) is 1. The van der Waals surface area contributed by atoms with Crippen LogP contribution >= 0.6 is 0 Å². The molecule has 0 aromatic carbocycles. The van der Waals surface area contributed by atoms with E-state index in [1.54, 1.807) is 18.3 Å². The second-order valence-electron chi connectivity index (χ2n) is 4.52. The van der Waals surface area contributed by atoms with Crippen LogP contribution in [0.2, 0.25) is 0 Å². The zero-order valence-electron chi connectivity index (χ0n) is 10.4. The average Bonchev–Trinajstić information content (AvgIpc) is 2.41. The molecule has 5 heteroatoms. The molecule has 0 amide bonds. The molecule has 2 unspecified atom stereocenters. The van der Waals surface area contributed by atoms with Gasteiger partial charge in [0.05, 0.1) is 24.8 Å². The Labute approximate surface area is 106 Å². The molecule has 0 saturated heterocycles. The lowest BCUT2D eigenvalue weighted by Gasteiger charge is -2.28. The summed E-state index contributed by atoms with van der Waals surface area (Å²) in [5, 5.41) is 13.1. The van der Waals surface area contributed by atoms with Gasteiger partial charge in [0.2, 0.25) is 0 Å². The molecule has 1 aliphatic rings. The quantitative estimate of drug-likeness (QED) is 0.797. The highest BCUT2D eigenvalue weighted by atomic mass is 16.5. The van der Waals surface area contributed by atoms with Crippen molar-refractivity contribution < 1.29 is 14.6 Å². The van der Waals surface area contributed by atoms with Crippen molar-refractivity contribution in [3.8, 4) is 0 Å². The number of esters is 1. The molecule has 1 saturated carbocycles. The van der Waals surface area contributed by atoms with Crippen molar-refractivity contribution in [3.63, 3.8) is 0 Å². The van der Waals surface area contributed by atoms with Gasteiger partial charge in [-0.05, 0) is 25.0 Å². The van der Waals surface area contributed by atoms with E-state index < -0.39 is 0 Å². The molecule has 0 radical (unpaired) electrons. The smallest absolute Gasteiger partial charge is 0.338 e. The van der Waals surface area contributed by atoms with Gasteiger partial charge in [-0.2, -0.15) is 0 Å². The first-order chi connectivity index (χ1) is 8.70. The molecule has 98 valence electrons. The van der Waals surface area contributed by atoms with Crippen molar-refractivity contribution in [2.45, 2.75) is 37.8 Å². The minimum atomic E-state index is -0.385. The Kier molecular flexibility index (Phi) is 4.15. The SMILES string of the molecule is COC(=O)c1ccnc(NC2CCCCC2O)c1. The van der Waals surface area contributed by atoms with Gasteiger partial charge in [0.15, 0.2) is 0 Å². The van der Waals surface area contributed by atoms with Crippen LogP contribution in [0.1, 0.15) is 36.0 Å². The van der Waals surface area contributed by atoms with Gasteiger partial charge in [0.25, 0.3) is 0 Å². The number of ether oxygens (including phenoxy) is 1. The minimum Gasteiger partial charge on any atom is -0.465 e. The van der Waals surface area contributed by atoms with Crippen molar-refractivity contribution in [1.29, 1.82) is 0 Å². The number of nitrogens with zero attached hydrogens (tertiary/aromatic N) is 1. The summed E-state index contributed by atoms with van der Waals surface area (Å²) >= 11 is 0. The normalized spacial score (nSPS) is 23.4. The monoisotopic (exact) mass is 250 g/mol. The fraction of sp³-hybridized carbons (Fsp3) is 0.538. The molecule has 0 spiro atoms. The maximum Gasteiger partial charge on any atom is 0.338 e. The Hall–Kier alpha value is -1.62. The summed E-state index contributed by atoms with van der Waals surface area (Å²) in [6.07, 6.45) is 5.12. The van der Waals surface area contributed by atoms with Gasteiger partial charge in [-0.25, -0.2) is 9.78 Å². The highest BCUT2D eigenvalue weighted by Gasteiger charge is 2.23. The predicted octanol–water partition coefficient (Wildman–Crippen LogP) is 1.58. The van der Waals surface area contributed by atoms with Gasteiger partial charge >= 0.3 is 5.97 Å². The predicted molar refractivity (Wildman–Crippen MR) is 67.5 cm³/mol. The molecule has 2 rings (SSSR count). The Bertz CT molecular complexity index is 422. The van der Waals surface area contributed by atoms with Crippen LogP contribution in [0.4, 0.5) is 5.82 Å². The van der Waals surface area contributed by atoms with Crippen molar-refractivity contribution in [2.24, 2.45) is 0 Å². The Morgan fingerprint density at radius 2 is 2.28 bits per heavy atom. The van der Waals surface area contributed by atoms with Crippen molar-refractivity contribution >= 4 is 11.8 Å². The van der Waals surface area contributed by atoms with Crippen LogP contribution in [0.3, 0.4) is 0 Å². The molecule has 1 aromatic heterocycles. The first-order valence-corrected chi connectivity index (χ1v) is 6.19. The van der Waals surface area contributed by atoms with Crippen LogP contribution in [0, 0.1) is 0 Å². The molecule has 1 aromatic rings. The number of aliphatic hydroxyl groups excluding tert-OH is 1. The molecule has 2 atom stereocenters. The van der Waals surface area contributed by atoms with E-state index >= 15 is 0 Å². The average molecular weight is 250 g/mol. The fourth-order valence-electron chi connectivity index (χ4n) is 2.22. The lowest BCUT2D eigenvalue weighted by atomic mass is 9.92. The maximum absolute atomic E-state index is 11.4. The molecule has 0 aliphatic heterocycles. The van der Waals surface area contributed by atoms with Crippen LogP contribution < -0.4 is 5.32 Å². The van der Waals surface area contributed by atoms with E-state index in [0.29, 0.717) is 11.4 Å². The summed E-state index contributed by atoms with van der Waals surface area (Å²) in [5.41, 5.74) is 0.459. The number of carbonyl (C=O) groups is 1. The summed E-state index contributed by atoms with van der Waals surface area (Å²) in [4.78, 5) is 15.5. The summed E-state index contributed by atoms with van der Waals surface area (Å²) in [6.45, 7) is 0. The third-order valence-electron chi connectivity index (χ3n) is 3.24. The second-order valence-corrected chi connectivity index (χ2v) is 4.52. The summed E-state index contributed by atoms with van der Waals surface area (Å²) in [6, 6.07) is 3.26. The topological polar surface area (TPSA) is 71.5 Å². The minimum absolute atomic E-state index is 0.0131. The number of hydrogen-bond acceptors (Lipinski definition) is 5. The molecule has 2 N–H and O–H groups in total. The standard InChI is InChI=1S/C13H18N2O3/c1-18-13(17)9-6-7-14-12(8-9)15-10-4-2-3-5-11(10)16/h6-8,10-11,16H,2-5H2,1H3,(H,14,15). The van der Waals surface area contributed by atoms with Crippen molar-refractivity contribution in [2.75, 3.05) is 12.4 Å². The van der Waals surface area contributed by atoms with Gasteiger partial charge in [0.1, 0.15) is 5.82 Å². The summed E-state index contributed by atoms with van der Waals surface area (Å²) in [7, 11) is 1.35. The number of rotatable bonds is 3. The van der Waals surface area contributed by atoms with E-state index in [4.69, 9.17) is 0 Å². The third kappa shape index (κ3) is 2.98. The van der Waals surface area contributed by atoms with E-state index in [-0.39, 0.29) is 18.1 Å². The molecule has 0 bridgehead atoms. The largest absolute Gasteiger partial charge is 0.465 e. The van der Waals surface area contributed by atoms with E-state index in [1.165, 1.54) is 7.11 Å². The molecular weight excluding hydrogens is 232 g/mol. The molecule has 1 heterocycles. The van der Waals surface area contributed by atoms with Crippen LogP contribution in [0.15, 0.2) is 18.3 Å². The van der Waals surface area contributed by atoms with E-state index in [9.17, 15) is 9.90 Å².